The Morgan fingerprint density at radius 3 is 1.87 bits per heavy atom. The third-order valence-corrected chi connectivity index (χ3v) is 3.95. The van der Waals surface area contributed by atoms with Crippen molar-refractivity contribution in [2.75, 3.05) is 5.32 Å². The molecular weight excluding hydrogens is 278 g/mol. The molecule has 1 atom stereocenters. The van der Waals surface area contributed by atoms with Crippen LogP contribution in [0.5, 0.6) is 0 Å². The molecule has 1 unspecified atom stereocenters. The number of hydrogen-bond acceptors (Lipinski definition) is 1. The minimum Gasteiger partial charge on any atom is -0.378 e. The van der Waals surface area contributed by atoms with Crippen LogP contribution in [-0.2, 0) is 0 Å². The number of benzene rings is 3. The SMILES string of the molecule is C=C(CC(Nc1ccccc1)c1ccccc1)c1ccccc1. The third-order valence-electron chi connectivity index (χ3n) is 3.95. The highest BCUT2D eigenvalue weighted by Gasteiger charge is 2.13. The Labute approximate surface area is 138 Å². The van der Waals surface area contributed by atoms with E-state index in [4.69, 9.17) is 0 Å². The lowest BCUT2D eigenvalue weighted by molar-refractivity contribution is 0.810. The van der Waals surface area contributed by atoms with Crippen LogP contribution in [0.2, 0.25) is 0 Å². The average Bonchev–Trinajstić information content (AvgIpc) is 2.63. The predicted molar refractivity (Wildman–Crippen MR) is 99.3 cm³/mol. The van der Waals surface area contributed by atoms with Crippen LogP contribution >= 0.6 is 0 Å². The normalized spacial score (nSPS) is 11.7. The summed E-state index contributed by atoms with van der Waals surface area (Å²) in [5, 5.41) is 3.64. The van der Waals surface area contributed by atoms with Gasteiger partial charge in [0.05, 0.1) is 6.04 Å². The fourth-order valence-corrected chi connectivity index (χ4v) is 2.71. The highest BCUT2D eigenvalue weighted by Crippen LogP contribution is 2.29. The third kappa shape index (κ3) is 4.10. The quantitative estimate of drug-likeness (QED) is 0.593. The zero-order valence-corrected chi connectivity index (χ0v) is 13.2. The van der Waals surface area contributed by atoms with E-state index in [1.54, 1.807) is 0 Å². The molecule has 0 aromatic heterocycles. The lowest BCUT2D eigenvalue weighted by atomic mass is 9.95. The molecule has 23 heavy (non-hydrogen) atoms. The van der Waals surface area contributed by atoms with Crippen molar-refractivity contribution in [3.8, 4) is 0 Å². The molecule has 0 saturated carbocycles. The first kappa shape index (κ1) is 15.1. The first-order chi connectivity index (χ1) is 11.3. The molecule has 3 aromatic rings. The summed E-state index contributed by atoms with van der Waals surface area (Å²) in [7, 11) is 0. The van der Waals surface area contributed by atoms with Gasteiger partial charge in [0.2, 0.25) is 0 Å². The van der Waals surface area contributed by atoms with Crippen molar-refractivity contribution in [1.29, 1.82) is 0 Å². The van der Waals surface area contributed by atoms with E-state index < -0.39 is 0 Å². The van der Waals surface area contributed by atoms with Crippen molar-refractivity contribution < 1.29 is 0 Å². The Morgan fingerprint density at radius 1 is 0.739 bits per heavy atom. The first-order valence-electron chi connectivity index (χ1n) is 7.92. The second-order valence-corrected chi connectivity index (χ2v) is 5.65. The van der Waals surface area contributed by atoms with Gasteiger partial charge in [0, 0.05) is 5.69 Å². The molecule has 3 rings (SSSR count). The van der Waals surface area contributed by atoms with Gasteiger partial charge in [0.15, 0.2) is 0 Å². The van der Waals surface area contributed by atoms with Crippen LogP contribution < -0.4 is 5.32 Å². The Kier molecular flexibility index (Phi) is 4.90. The lowest BCUT2D eigenvalue weighted by Crippen LogP contribution is -2.11. The zero-order valence-electron chi connectivity index (χ0n) is 13.2. The minimum atomic E-state index is 0.200. The van der Waals surface area contributed by atoms with Crippen molar-refractivity contribution in [1.82, 2.24) is 0 Å². The fourth-order valence-electron chi connectivity index (χ4n) is 2.71. The molecule has 3 aromatic carbocycles. The van der Waals surface area contributed by atoms with Gasteiger partial charge in [-0.3, -0.25) is 0 Å². The monoisotopic (exact) mass is 299 g/mol. The summed E-state index contributed by atoms with van der Waals surface area (Å²) in [5.74, 6) is 0. The van der Waals surface area contributed by atoms with Crippen LogP contribution in [0.4, 0.5) is 5.69 Å². The topological polar surface area (TPSA) is 12.0 Å². The first-order valence-corrected chi connectivity index (χ1v) is 7.92. The van der Waals surface area contributed by atoms with Crippen LogP contribution in [0, 0.1) is 0 Å². The smallest absolute Gasteiger partial charge is 0.0554 e. The minimum absolute atomic E-state index is 0.200. The van der Waals surface area contributed by atoms with Crippen molar-refractivity contribution in [3.63, 3.8) is 0 Å². The molecule has 1 heteroatoms. The maximum absolute atomic E-state index is 4.29. The summed E-state index contributed by atoms with van der Waals surface area (Å²) in [4.78, 5) is 0. The van der Waals surface area contributed by atoms with Gasteiger partial charge < -0.3 is 5.32 Å². The van der Waals surface area contributed by atoms with E-state index in [9.17, 15) is 0 Å². The predicted octanol–water partition coefficient (Wildman–Crippen LogP) is 5.94. The zero-order chi connectivity index (χ0) is 15.9. The second-order valence-electron chi connectivity index (χ2n) is 5.65. The standard InChI is InChI=1S/C22H21N/c1-18(19-11-5-2-6-12-19)17-22(20-13-7-3-8-14-20)23-21-15-9-4-10-16-21/h2-16,22-23H,1,17H2. The molecule has 0 radical (unpaired) electrons. The summed E-state index contributed by atoms with van der Waals surface area (Å²) in [6.45, 7) is 4.29. The van der Waals surface area contributed by atoms with Gasteiger partial charge >= 0.3 is 0 Å². The van der Waals surface area contributed by atoms with Crippen LogP contribution in [0.25, 0.3) is 5.57 Å². The van der Waals surface area contributed by atoms with E-state index in [0.717, 1.165) is 17.7 Å². The van der Waals surface area contributed by atoms with Crippen LogP contribution in [-0.4, -0.2) is 0 Å². The lowest BCUT2D eigenvalue weighted by Gasteiger charge is -2.22. The molecule has 1 N–H and O–H groups in total. The van der Waals surface area contributed by atoms with Gasteiger partial charge in [-0.05, 0) is 35.3 Å². The van der Waals surface area contributed by atoms with Crippen LogP contribution in [0.3, 0.4) is 0 Å². The van der Waals surface area contributed by atoms with E-state index in [1.165, 1.54) is 11.1 Å². The average molecular weight is 299 g/mol. The van der Waals surface area contributed by atoms with Crippen LogP contribution in [0.15, 0.2) is 97.6 Å². The summed E-state index contributed by atoms with van der Waals surface area (Å²) < 4.78 is 0. The van der Waals surface area contributed by atoms with Gasteiger partial charge in [-0.25, -0.2) is 0 Å². The molecule has 0 heterocycles. The Hall–Kier alpha value is -2.80. The highest BCUT2D eigenvalue weighted by atomic mass is 14.9. The Balaban J connectivity index is 1.82. The van der Waals surface area contributed by atoms with Crippen molar-refractivity contribution in [2.45, 2.75) is 12.5 Å². The molecule has 0 aliphatic carbocycles. The molecule has 0 aliphatic heterocycles. The number of anilines is 1. The molecule has 0 amide bonds. The van der Waals surface area contributed by atoms with Crippen molar-refractivity contribution >= 4 is 11.3 Å². The second kappa shape index (κ2) is 7.46. The Bertz CT molecular complexity index is 733. The van der Waals surface area contributed by atoms with E-state index >= 15 is 0 Å². The van der Waals surface area contributed by atoms with E-state index in [2.05, 4.69) is 90.8 Å². The molecule has 0 aliphatic rings. The molecule has 0 spiro atoms. The van der Waals surface area contributed by atoms with Gasteiger partial charge in [0.1, 0.15) is 0 Å². The van der Waals surface area contributed by atoms with Crippen LogP contribution in [0.1, 0.15) is 23.6 Å². The summed E-state index contributed by atoms with van der Waals surface area (Å²) in [6, 6.07) is 31.5. The van der Waals surface area contributed by atoms with E-state index in [0.29, 0.717) is 0 Å². The van der Waals surface area contributed by atoms with E-state index in [-0.39, 0.29) is 6.04 Å². The summed E-state index contributed by atoms with van der Waals surface area (Å²) >= 11 is 0. The van der Waals surface area contributed by atoms with Gasteiger partial charge in [-0.15, -0.1) is 0 Å². The number of rotatable bonds is 6. The molecule has 114 valence electrons. The fraction of sp³-hybridized carbons (Fsp3) is 0.0909. The van der Waals surface area contributed by atoms with Gasteiger partial charge in [-0.2, -0.15) is 0 Å². The van der Waals surface area contributed by atoms with Gasteiger partial charge in [-0.1, -0.05) is 85.4 Å². The highest BCUT2D eigenvalue weighted by molar-refractivity contribution is 5.64. The summed E-state index contributed by atoms with van der Waals surface area (Å²) in [6.07, 6.45) is 0.864. The molecular formula is C22H21N. The van der Waals surface area contributed by atoms with Gasteiger partial charge in [0.25, 0.3) is 0 Å². The molecule has 1 nitrogen and oxygen atoms in total. The number of para-hydroxylation sites is 1. The number of hydrogen-bond donors (Lipinski definition) is 1. The molecule has 0 saturated heterocycles. The Morgan fingerprint density at radius 2 is 1.26 bits per heavy atom. The maximum Gasteiger partial charge on any atom is 0.0554 e. The molecule has 0 fully saturated rings. The largest absolute Gasteiger partial charge is 0.378 e. The number of nitrogens with one attached hydrogen (secondary N) is 1. The van der Waals surface area contributed by atoms with E-state index in [1.807, 2.05) is 12.1 Å². The molecule has 0 bridgehead atoms. The maximum atomic E-state index is 4.29. The van der Waals surface area contributed by atoms with Crippen molar-refractivity contribution in [2.24, 2.45) is 0 Å². The van der Waals surface area contributed by atoms with Crippen molar-refractivity contribution in [3.05, 3.63) is 109 Å². The summed E-state index contributed by atoms with van der Waals surface area (Å²) in [5.41, 5.74) is 4.74.